The summed E-state index contributed by atoms with van der Waals surface area (Å²) in [4.78, 5) is 11.5. The lowest BCUT2D eigenvalue weighted by atomic mass is 10.2. The second-order valence-electron chi connectivity index (χ2n) is 3.86. The summed E-state index contributed by atoms with van der Waals surface area (Å²) in [7, 11) is 0. The van der Waals surface area contributed by atoms with Crippen molar-refractivity contribution in [2.75, 3.05) is 6.61 Å². The maximum atomic E-state index is 10.7. The molecule has 0 amide bonds. The quantitative estimate of drug-likeness (QED) is 0.460. The van der Waals surface area contributed by atoms with Gasteiger partial charge in [-0.25, -0.2) is 0 Å². The molecule has 0 saturated carbocycles. The van der Waals surface area contributed by atoms with Crippen LogP contribution in [0, 0.1) is 10.1 Å². The highest BCUT2D eigenvalue weighted by Crippen LogP contribution is 2.26. The highest BCUT2D eigenvalue weighted by Gasteiger charge is 2.11. The molecule has 2 rings (SSSR count). The van der Waals surface area contributed by atoms with E-state index in [9.17, 15) is 10.1 Å². The minimum Gasteiger partial charge on any atom is -0.493 e. The predicted octanol–water partition coefficient (Wildman–Crippen LogP) is 4.02. The van der Waals surface area contributed by atoms with E-state index in [1.54, 1.807) is 17.4 Å². The molecule has 100 valence electrons. The molecule has 1 heterocycles. The van der Waals surface area contributed by atoms with Gasteiger partial charge in [-0.1, -0.05) is 6.07 Å². The fourth-order valence-electron chi connectivity index (χ4n) is 1.64. The first-order chi connectivity index (χ1) is 9.20. The van der Waals surface area contributed by atoms with E-state index in [4.69, 9.17) is 16.3 Å². The summed E-state index contributed by atoms with van der Waals surface area (Å²) < 4.78 is 5.64. The van der Waals surface area contributed by atoms with E-state index < -0.39 is 4.92 Å². The number of benzene rings is 1. The highest BCUT2D eigenvalue weighted by molar-refractivity contribution is 7.09. The van der Waals surface area contributed by atoms with E-state index in [-0.39, 0.29) is 11.6 Å². The summed E-state index contributed by atoms with van der Waals surface area (Å²) in [5, 5.41) is 12.7. The number of halogens is 1. The predicted molar refractivity (Wildman–Crippen MR) is 76.2 cm³/mol. The SMILES string of the molecule is O=[N+]([O-])c1ccc(OCCc2cccs2)c(CCl)c1. The lowest BCUT2D eigenvalue weighted by molar-refractivity contribution is -0.384. The van der Waals surface area contributed by atoms with Gasteiger partial charge in [-0.3, -0.25) is 10.1 Å². The second-order valence-corrected chi connectivity index (χ2v) is 5.16. The third kappa shape index (κ3) is 3.68. The van der Waals surface area contributed by atoms with Crippen LogP contribution < -0.4 is 4.74 Å². The summed E-state index contributed by atoms with van der Waals surface area (Å²) in [5.74, 6) is 0.799. The Bertz CT molecular complexity index is 557. The van der Waals surface area contributed by atoms with Crippen molar-refractivity contribution in [2.45, 2.75) is 12.3 Å². The van der Waals surface area contributed by atoms with Crippen LogP contribution in [0.3, 0.4) is 0 Å². The Morgan fingerprint density at radius 3 is 2.84 bits per heavy atom. The van der Waals surface area contributed by atoms with Gasteiger partial charge in [0.25, 0.3) is 5.69 Å². The van der Waals surface area contributed by atoms with E-state index >= 15 is 0 Å². The molecule has 0 aliphatic rings. The molecule has 0 atom stereocenters. The molecule has 19 heavy (non-hydrogen) atoms. The van der Waals surface area contributed by atoms with Crippen molar-refractivity contribution in [1.29, 1.82) is 0 Å². The van der Waals surface area contributed by atoms with Gasteiger partial charge in [-0.2, -0.15) is 0 Å². The zero-order valence-corrected chi connectivity index (χ0v) is 11.6. The Balaban J connectivity index is 2.01. The summed E-state index contributed by atoms with van der Waals surface area (Å²) in [6, 6.07) is 8.52. The smallest absolute Gasteiger partial charge is 0.270 e. The number of nitro groups is 1. The molecular weight excluding hydrogens is 286 g/mol. The number of hydrogen-bond donors (Lipinski definition) is 0. The first kappa shape index (κ1) is 13.8. The molecule has 1 aromatic heterocycles. The van der Waals surface area contributed by atoms with Crippen LogP contribution >= 0.6 is 22.9 Å². The number of nitrogens with zero attached hydrogens (tertiary/aromatic N) is 1. The topological polar surface area (TPSA) is 52.4 Å². The van der Waals surface area contributed by atoms with E-state index in [2.05, 4.69) is 0 Å². The van der Waals surface area contributed by atoms with E-state index in [1.165, 1.54) is 17.0 Å². The van der Waals surface area contributed by atoms with Crippen LogP contribution in [0.15, 0.2) is 35.7 Å². The summed E-state index contributed by atoms with van der Waals surface area (Å²) in [6.45, 7) is 0.530. The van der Waals surface area contributed by atoms with Crippen LogP contribution in [0.2, 0.25) is 0 Å². The van der Waals surface area contributed by atoms with Crippen molar-refractivity contribution in [3.63, 3.8) is 0 Å². The van der Waals surface area contributed by atoms with Crippen molar-refractivity contribution in [3.05, 3.63) is 56.3 Å². The normalized spacial score (nSPS) is 10.4. The maximum absolute atomic E-state index is 10.7. The second kappa shape index (κ2) is 6.54. The lowest BCUT2D eigenvalue weighted by Crippen LogP contribution is -2.02. The molecule has 0 spiro atoms. The van der Waals surface area contributed by atoms with Crippen LogP contribution in [0.5, 0.6) is 5.75 Å². The summed E-state index contributed by atoms with van der Waals surface area (Å²) in [5.41, 5.74) is 0.670. The molecular formula is C13H12ClNO3S. The van der Waals surface area contributed by atoms with Crippen LogP contribution in [0.25, 0.3) is 0 Å². The molecule has 0 N–H and O–H groups in total. The molecule has 6 heteroatoms. The van der Waals surface area contributed by atoms with Crippen molar-refractivity contribution in [3.8, 4) is 5.75 Å². The van der Waals surface area contributed by atoms with E-state index in [0.717, 1.165) is 6.42 Å². The van der Waals surface area contributed by atoms with Crippen molar-refractivity contribution < 1.29 is 9.66 Å². The number of nitro benzene ring substituents is 1. The van der Waals surface area contributed by atoms with Gasteiger partial charge in [-0.05, 0) is 17.5 Å². The zero-order chi connectivity index (χ0) is 13.7. The Morgan fingerprint density at radius 1 is 1.37 bits per heavy atom. The van der Waals surface area contributed by atoms with Gasteiger partial charge in [0, 0.05) is 29.0 Å². The molecule has 0 aliphatic carbocycles. The van der Waals surface area contributed by atoms with Gasteiger partial charge < -0.3 is 4.74 Å². The van der Waals surface area contributed by atoms with Gasteiger partial charge in [0.2, 0.25) is 0 Å². The maximum Gasteiger partial charge on any atom is 0.270 e. The van der Waals surface area contributed by atoms with E-state index in [1.807, 2.05) is 17.5 Å². The minimum atomic E-state index is -0.439. The van der Waals surface area contributed by atoms with Crippen molar-refractivity contribution in [1.82, 2.24) is 0 Å². The third-order valence-corrected chi connectivity index (χ3v) is 3.81. The van der Waals surface area contributed by atoms with E-state index in [0.29, 0.717) is 17.9 Å². The molecule has 0 bridgehead atoms. The average molecular weight is 298 g/mol. The molecule has 0 unspecified atom stereocenters. The summed E-state index contributed by atoms with van der Waals surface area (Å²) >= 11 is 7.47. The van der Waals surface area contributed by atoms with Crippen molar-refractivity contribution in [2.24, 2.45) is 0 Å². The first-order valence-corrected chi connectivity index (χ1v) is 7.10. The Hall–Kier alpha value is -1.59. The van der Waals surface area contributed by atoms with Crippen LogP contribution in [-0.4, -0.2) is 11.5 Å². The fourth-order valence-corrected chi connectivity index (χ4v) is 2.54. The number of thiophene rings is 1. The Labute approximate surface area is 119 Å². The molecule has 0 fully saturated rings. The minimum absolute atomic E-state index is 0.0289. The molecule has 0 saturated heterocycles. The number of ether oxygens (including phenoxy) is 1. The van der Waals surface area contributed by atoms with Gasteiger partial charge in [0.05, 0.1) is 17.4 Å². The molecule has 0 aliphatic heterocycles. The van der Waals surface area contributed by atoms with Crippen molar-refractivity contribution >= 4 is 28.6 Å². The molecule has 1 aromatic carbocycles. The number of non-ortho nitro benzene ring substituents is 1. The molecule has 0 radical (unpaired) electrons. The van der Waals surface area contributed by atoms with Gasteiger partial charge in [-0.15, -0.1) is 22.9 Å². The third-order valence-electron chi connectivity index (χ3n) is 2.58. The number of rotatable bonds is 6. The van der Waals surface area contributed by atoms with Crippen LogP contribution in [0.1, 0.15) is 10.4 Å². The van der Waals surface area contributed by atoms with Gasteiger partial charge in [0.15, 0.2) is 0 Å². The lowest BCUT2D eigenvalue weighted by Gasteiger charge is -2.09. The first-order valence-electron chi connectivity index (χ1n) is 5.69. The molecule has 4 nitrogen and oxygen atoms in total. The monoisotopic (exact) mass is 297 g/mol. The largest absolute Gasteiger partial charge is 0.493 e. The summed E-state index contributed by atoms with van der Waals surface area (Å²) in [6.07, 6.45) is 0.816. The fraction of sp³-hybridized carbons (Fsp3) is 0.231. The number of hydrogen-bond acceptors (Lipinski definition) is 4. The number of alkyl halides is 1. The Kier molecular flexibility index (Phi) is 4.76. The Morgan fingerprint density at radius 2 is 2.21 bits per heavy atom. The highest BCUT2D eigenvalue weighted by atomic mass is 35.5. The van der Waals surface area contributed by atoms with Crippen LogP contribution in [-0.2, 0) is 12.3 Å². The molecule has 2 aromatic rings. The van der Waals surface area contributed by atoms with Gasteiger partial charge >= 0.3 is 0 Å². The average Bonchev–Trinajstić information content (AvgIpc) is 2.92. The van der Waals surface area contributed by atoms with Gasteiger partial charge in [0.1, 0.15) is 5.75 Å². The van der Waals surface area contributed by atoms with Crippen LogP contribution in [0.4, 0.5) is 5.69 Å². The standard InChI is InChI=1S/C13H12ClNO3S/c14-9-10-8-11(15(16)17)3-4-13(10)18-6-5-12-2-1-7-19-12/h1-4,7-8H,5-6,9H2. The zero-order valence-electron chi connectivity index (χ0n) is 10.0.